The smallest absolute Gasteiger partial charge is 0.243 e. The van der Waals surface area contributed by atoms with Crippen LogP contribution in [0.3, 0.4) is 0 Å². The van der Waals surface area contributed by atoms with Crippen molar-refractivity contribution in [3.8, 4) is 0 Å². The zero-order valence-corrected chi connectivity index (χ0v) is 13.0. The molecule has 21 heavy (non-hydrogen) atoms. The standard InChI is InChI=1S/C16H19NO3S/c1-13-5-3-4-6-15(13)11-17(2)21(19,20)16-9-7-14(12-18)8-10-16/h3-10,18H,11-12H2,1-2H3. The Labute approximate surface area is 125 Å². The predicted octanol–water partition coefficient (Wildman–Crippen LogP) is 2.31. The van der Waals surface area contributed by atoms with Crippen LogP contribution in [0.4, 0.5) is 0 Å². The van der Waals surface area contributed by atoms with Crippen molar-refractivity contribution in [2.45, 2.75) is 25.0 Å². The van der Waals surface area contributed by atoms with Crippen LogP contribution in [0.1, 0.15) is 16.7 Å². The van der Waals surface area contributed by atoms with Gasteiger partial charge >= 0.3 is 0 Å². The van der Waals surface area contributed by atoms with Crippen LogP contribution in [0, 0.1) is 6.92 Å². The molecule has 0 atom stereocenters. The topological polar surface area (TPSA) is 57.6 Å². The van der Waals surface area contributed by atoms with E-state index in [9.17, 15) is 8.42 Å². The van der Waals surface area contributed by atoms with Gasteiger partial charge in [0, 0.05) is 13.6 Å². The van der Waals surface area contributed by atoms with Crippen LogP contribution in [0.2, 0.25) is 0 Å². The summed E-state index contributed by atoms with van der Waals surface area (Å²) in [4.78, 5) is 0.232. The lowest BCUT2D eigenvalue weighted by atomic mass is 10.1. The number of hydrogen-bond donors (Lipinski definition) is 1. The lowest BCUT2D eigenvalue weighted by Gasteiger charge is -2.18. The Morgan fingerprint density at radius 1 is 1.05 bits per heavy atom. The van der Waals surface area contributed by atoms with E-state index in [1.807, 2.05) is 31.2 Å². The number of benzene rings is 2. The molecule has 0 saturated heterocycles. The van der Waals surface area contributed by atoms with E-state index < -0.39 is 10.0 Å². The van der Waals surface area contributed by atoms with E-state index in [1.165, 1.54) is 16.4 Å². The molecule has 0 heterocycles. The van der Waals surface area contributed by atoms with Crippen LogP contribution in [-0.2, 0) is 23.2 Å². The van der Waals surface area contributed by atoms with Crippen molar-refractivity contribution in [1.82, 2.24) is 4.31 Å². The fraction of sp³-hybridized carbons (Fsp3) is 0.250. The number of aliphatic hydroxyl groups excluding tert-OH is 1. The van der Waals surface area contributed by atoms with Crippen LogP contribution in [-0.4, -0.2) is 24.9 Å². The zero-order valence-electron chi connectivity index (χ0n) is 12.2. The van der Waals surface area contributed by atoms with Crippen LogP contribution in [0.5, 0.6) is 0 Å². The second-order valence-corrected chi connectivity index (χ2v) is 7.03. The Bertz CT molecular complexity index is 709. The second kappa shape index (κ2) is 6.39. The van der Waals surface area contributed by atoms with Crippen molar-refractivity contribution in [2.75, 3.05) is 7.05 Å². The van der Waals surface area contributed by atoms with Crippen LogP contribution in [0.25, 0.3) is 0 Å². The second-order valence-electron chi connectivity index (χ2n) is 4.99. The van der Waals surface area contributed by atoms with Gasteiger partial charge in [-0.3, -0.25) is 0 Å². The van der Waals surface area contributed by atoms with E-state index in [0.717, 1.165) is 11.1 Å². The summed E-state index contributed by atoms with van der Waals surface area (Å²) in [5.74, 6) is 0. The first-order chi connectivity index (χ1) is 9.95. The molecule has 5 heteroatoms. The molecule has 2 rings (SSSR count). The lowest BCUT2D eigenvalue weighted by Crippen LogP contribution is -2.26. The summed E-state index contributed by atoms with van der Waals surface area (Å²) in [7, 11) is -1.96. The van der Waals surface area contributed by atoms with Crippen molar-refractivity contribution in [2.24, 2.45) is 0 Å². The Balaban J connectivity index is 2.24. The summed E-state index contributed by atoms with van der Waals surface area (Å²) < 4.78 is 26.4. The molecular weight excluding hydrogens is 286 g/mol. The Morgan fingerprint density at radius 2 is 1.67 bits per heavy atom. The lowest BCUT2D eigenvalue weighted by molar-refractivity contribution is 0.281. The minimum atomic E-state index is -3.53. The SMILES string of the molecule is Cc1ccccc1CN(C)S(=O)(=O)c1ccc(CO)cc1. The highest BCUT2D eigenvalue weighted by Gasteiger charge is 2.21. The van der Waals surface area contributed by atoms with Gasteiger partial charge in [0.1, 0.15) is 0 Å². The van der Waals surface area contributed by atoms with E-state index in [-0.39, 0.29) is 11.5 Å². The molecule has 0 fully saturated rings. The quantitative estimate of drug-likeness (QED) is 0.922. The van der Waals surface area contributed by atoms with Gasteiger partial charge in [0.25, 0.3) is 0 Å². The fourth-order valence-corrected chi connectivity index (χ4v) is 3.21. The van der Waals surface area contributed by atoms with Gasteiger partial charge in [0.05, 0.1) is 11.5 Å². The summed E-state index contributed by atoms with van der Waals surface area (Å²) in [6, 6.07) is 14.0. The molecule has 4 nitrogen and oxygen atoms in total. The normalized spacial score (nSPS) is 11.8. The molecule has 0 aliphatic carbocycles. The first-order valence-corrected chi connectivity index (χ1v) is 8.10. The number of aliphatic hydroxyl groups is 1. The van der Waals surface area contributed by atoms with E-state index in [4.69, 9.17) is 5.11 Å². The maximum absolute atomic E-state index is 12.5. The predicted molar refractivity (Wildman–Crippen MR) is 82.2 cm³/mol. The van der Waals surface area contributed by atoms with Crippen molar-refractivity contribution in [3.05, 3.63) is 65.2 Å². The van der Waals surface area contributed by atoms with E-state index in [2.05, 4.69) is 0 Å². The Kier molecular flexibility index (Phi) is 4.77. The molecule has 0 radical (unpaired) electrons. The number of aryl methyl sites for hydroxylation is 1. The van der Waals surface area contributed by atoms with Crippen LogP contribution >= 0.6 is 0 Å². The van der Waals surface area contributed by atoms with Gasteiger partial charge in [-0.25, -0.2) is 8.42 Å². The molecule has 0 unspecified atom stereocenters. The fourth-order valence-electron chi connectivity index (χ4n) is 2.06. The molecule has 0 spiro atoms. The average Bonchev–Trinajstić information content (AvgIpc) is 2.49. The Hall–Kier alpha value is -1.69. The molecule has 0 aromatic heterocycles. The summed E-state index contributed by atoms with van der Waals surface area (Å²) in [5, 5.41) is 9.01. The highest BCUT2D eigenvalue weighted by Crippen LogP contribution is 2.18. The minimum absolute atomic E-state index is 0.0978. The molecule has 0 aliphatic heterocycles. The third-order valence-corrected chi connectivity index (χ3v) is 5.29. The molecule has 0 saturated carbocycles. The molecule has 0 amide bonds. The van der Waals surface area contributed by atoms with Gasteiger partial charge in [0.2, 0.25) is 10.0 Å². The average molecular weight is 305 g/mol. The van der Waals surface area contributed by atoms with E-state index >= 15 is 0 Å². The highest BCUT2D eigenvalue weighted by atomic mass is 32.2. The summed E-state index contributed by atoms with van der Waals surface area (Å²) in [6.45, 7) is 2.20. The van der Waals surface area contributed by atoms with Gasteiger partial charge in [-0.1, -0.05) is 36.4 Å². The number of nitrogens with zero attached hydrogens (tertiary/aromatic N) is 1. The van der Waals surface area contributed by atoms with E-state index in [1.54, 1.807) is 19.2 Å². The Morgan fingerprint density at radius 3 is 2.24 bits per heavy atom. The van der Waals surface area contributed by atoms with Crippen molar-refractivity contribution >= 4 is 10.0 Å². The van der Waals surface area contributed by atoms with E-state index in [0.29, 0.717) is 12.1 Å². The number of rotatable bonds is 5. The zero-order chi connectivity index (χ0) is 15.5. The summed E-state index contributed by atoms with van der Waals surface area (Å²) in [6.07, 6.45) is 0. The largest absolute Gasteiger partial charge is 0.392 e. The molecule has 2 aromatic carbocycles. The molecule has 1 N–H and O–H groups in total. The van der Waals surface area contributed by atoms with Crippen LogP contribution < -0.4 is 0 Å². The monoisotopic (exact) mass is 305 g/mol. The van der Waals surface area contributed by atoms with Gasteiger partial charge in [-0.2, -0.15) is 4.31 Å². The first kappa shape index (κ1) is 15.7. The maximum atomic E-state index is 12.5. The summed E-state index contributed by atoms with van der Waals surface area (Å²) >= 11 is 0. The highest BCUT2D eigenvalue weighted by molar-refractivity contribution is 7.89. The minimum Gasteiger partial charge on any atom is -0.392 e. The molecule has 0 bridgehead atoms. The third kappa shape index (κ3) is 3.50. The van der Waals surface area contributed by atoms with Crippen molar-refractivity contribution in [1.29, 1.82) is 0 Å². The molecule has 0 aliphatic rings. The van der Waals surface area contributed by atoms with Gasteiger partial charge in [-0.15, -0.1) is 0 Å². The maximum Gasteiger partial charge on any atom is 0.243 e. The molecular formula is C16H19NO3S. The molecule has 2 aromatic rings. The summed E-state index contributed by atoms with van der Waals surface area (Å²) in [5.41, 5.74) is 2.74. The van der Waals surface area contributed by atoms with Crippen LogP contribution in [0.15, 0.2) is 53.4 Å². The number of sulfonamides is 1. The molecule has 112 valence electrons. The first-order valence-electron chi connectivity index (χ1n) is 6.66. The van der Waals surface area contributed by atoms with Crippen molar-refractivity contribution in [3.63, 3.8) is 0 Å². The van der Waals surface area contributed by atoms with Gasteiger partial charge in [-0.05, 0) is 35.7 Å². The number of hydrogen-bond acceptors (Lipinski definition) is 3. The van der Waals surface area contributed by atoms with Gasteiger partial charge in [0.15, 0.2) is 0 Å². The third-order valence-electron chi connectivity index (χ3n) is 3.47. The van der Waals surface area contributed by atoms with Gasteiger partial charge < -0.3 is 5.11 Å². The van der Waals surface area contributed by atoms with Crippen molar-refractivity contribution < 1.29 is 13.5 Å².